The molecule has 0 radical (unpaired) electrons. The normalized spacial score (nSPS) is 21.9. The Morgan fingerprint density at radius 1 is 0.840 bits per heavy atom. The number of unbranched alkanes of at least 4 members (excludes halogenated alkanes) is 5. The van der Waals surface area contributed by atoms with E-state index in [1.807, 2.05) is 3.59 Å². The van der Waals surface area contributed by atoms with Crippen molar-refractivity contribution in [2.75, 3.05) is 0 Å². The van der Waals surface area contributed by atoms with Crippen LogP contribution in [-0.4, -0.2) is 29.6 Å². The average Bonchev–Trinajstić information content (AvgIpc) is 3.04. The van der Waals surface area contributed by atoms with E-state index in [1.165, 1.54) is 70.6 Å². The van der Waals surface area contributed by atoms with E-state index in [0.717, 1.165) is 6.42 Å². The van der Waals surface area contributed by atoms with Crippen LogP contribution < -0.4 is 0 Å². The third kappa shape index (κ3) is 7.56. The Balaban J connectivity index is 3.18. The molecule has 0 aromatic rings. The molecule has 0 aromatic carbocycles. The van der Waals surface area contributed by atoms with Gasteiger partial charge in [0, 0.05) is 0 Å². The van der Waals surface area contributed by atoms with Gasteiger partial charge in [0.05, 0.1) is 0 Å². The van der Waals surface area contributed by atoms with Crippen molar-refractivity contribution in [2.24, 2.45) is 5.92 Å². The van der Waals surface area contributed by atoms with Gasteiger partial charge in [0.2, 0.25) is 0 Å². The molecule has 0 unspecified atom stereocenters. The molecule has 0 aromatic heterocycles. The van der Waals surface area contributed by atoms with Gasteiger partial charge in [0.25, 0.3) is 0 Å². The fourth-order valence-electron chi connectivity index (χ4n) is 4.88. The number of allylic oxidation sites excluding steroid dienone is 1. The second kappa shape index (κ2) is 13.6. The van der Waals surface area contributed by atoms with E-state index >= 15 is 0 Å². The molecule has 0 heterocycles. The topological polar surface area (TPSA) is 20.2 Å². The molecule has 1 nitrogen and oxygen atoms in total. The summed E-state index contributed by atoms with van der Waals surface area (Å²) in [5.74, 6) is 0.540. The zero-order valence-electron chi connectivity index (χ0n) is 17.8. The zero-order chi connectivity index (χ0) is 18.5. The first-order chi connectivity index (χ1) is 12.1. The van der Waals surface area contributed by atoms with Gasteiger partial charge in [-0.1, -0.05) is 0 Å². The summed E-state index contributed by atoms with van der Waals surface area (Å²) in [6.45, 7) is 9.39. The molecular weight excluding hydrogens is 411 g/mol. The van der Waals surface area contributed by atoms with Crippen molar-refractivity contribution in [3.63, 3.8) is 0 Å². The van der Waals surface area contributed by atoms with Crippen LogP contribution in [0.4, 0.5) is 0 Å². The van der Waals surface area contributed by atoms with Gasteiger partial charge >= 0.3 is 163 Å². The van der Waals surface area contributed by atoms with Crippen LogP contribution in [0.25, 0.3) is 0 Å². The molecule has 0 bridgehead atoms. The monoisotopic (exact) mass is 458 g/mol. The number of rotatable bonds is 14. The van der Waals surface area contributed by atoms with E-state index < -0.39 is 18.4 Å². The first-order valence-corrected chi connectivity index (χ1v) is 19.0. The van der Waals surface area contributed by atoms with E-state index in [2.05, 4.69) is 33.8 Å². The van der Waals surface area contributed by atoms with Crippen molar-refractivity contribution in [1.29, 1.82) is 0 Å². The first kappa shape index (κ1) is 23.5. The van der Waals surface area contributed by atoms with Gasteiger partial charge in [-0.3, -0.25) is 0 Å². The molecular formula is C23H46OSn. The predicted octanol–water partition coefficient (Wildman–Crippen LogP) is 7.65. The Kier molecular flexibility index (Phi) is 12.8. The number of hydrogen-bond donors (Lipinski definition) is 1. The molecule has 1 fully saturated rings. The summed E-state index contributed by atoms with van der Waals surface area (Å²) in [6.07, 6.45) is 18.4. The van der Waals surface area contributed by atoms with Crippen LogP contribution in [0, 0.1) is 5.92 Å². The van der Waals surface area contributed by atoms with Gasteiger partial charge in [0.1, 0.15) is 0 Å². The molecule has 2 atom stereocenters. The summed E-state index contributed by atoms with van der Waals surface area (Å²) in [5, 5.41) is 10.7. The standard InChI is InChI=1S/C11H19O.3C4H9.Sn/c1-2-3-4-5-7-10-8-6-9-11(10)12;3*1-3-4-2;/h5,10-12H,2-4,6,8-9H2,1H3;3*1,3-4H2,2H3;/t10-,11+;;;;/m1..../s1. The van der Waals surface area contributed by atoms with Crippen molar-refractivity contribution < 1.29 is 5.11 Å². The van der Waals surface area contributed by atoms with Crippen molar-refractivity contribution in [2.45, 2.75) is 124 Å². The summed E-state index contributed by atoms with van der Waals surface area (Å²) in [4.78, 5) is 0. The SMILES string of the molecule is CCCC/C=[C](/[C@@H]1CCC[C@@H]1O)[Sn]([CH2]CCC)([CH2]CCC)[CH2]CCC. The molecule has 0 spiro atoms. The van der Waals surface area contributed by atoms with Crippen LogP contribution in [0.15, 0.2) is 9.67 Å². The fourth-order valence-corrected chi connectivity index (χ4v) is 23.2. The van der Waals surface area contributed by atoms with Crippen molar-refractivity contribution in [3.8, 4) is 0 Å². The molecule has 148 valence electrons. The molecule has 1 rings (SSSR count). The van der Waals surface area contributed by atoms with E-state index in [9.17, 15) is 5.11 Å². The molecule has 25 heavy (non-hydrogen) atoms. The summed E-state index contributed by atoms with van der Waals surface area (Å²) >= 11 is -2.37. The van der Waals surface area contributed by atoms with Crippen LogP contribution in [0.1, 0.15) is 105 Å². The van der Waals surface area contributed by atoms with E-state index in [-0.39, 0.29) is 6.10 Å². The minimum absolute atomic E-state index is 0.0335. The van der Waals surface area contributed by atoms with E-state index in [1.54, 1.807) is 13.3 Å². The number of aliphatic hydroxyl groups excluding tert-OH is 1. The summed E-state index contributed by atoms with van der Waals surface area (Å²) in [5.41, 5.74) is 0. The summed E-state index contributed by atoms with van der Waals surface area (Å²) in [7, 11) is 0. The molecule has 1 aliphatic carbocycles. The van der Waals surface area contributed by atoms with Crippen molar-refractivity contribution >= 4 is 18.4 Å². The Bertz CT molecular complexity index is 341. The molecule has 0 aliphatic heterocycles. The van der Waals surface area contributed by atoms with Gasteiger partial charge in [-0.25, -0.2) is 0 Å². The zero-order valence-corrected chi connectivity index (χ0v) is 20.6. The van der Waals surface area contributed by atoms with Gasteiger partial charge in [0.15, 0.2) is 0 Å². The van der Waals surface area contributed by atoms with E-state index in [0.29, 0.717) is 5.92 Å². The Hall–Kier alpha value is 0.499. The minimum atomic E-state index is -2.37. The van der Waals surface area contributed by atoms with Gasteiger partial charge in [-0.2, -0.15) is 0 Å². The third-order valence-electron chi connectivity index (χ3n) is 6.44. The predicted molar refractivity (Wildman–Crippen MR) is 116 cm³/mol. The molecule has 1 saturated carbocycles. The van der Waals surface area contributed by atoms with Crippen LogP contribution in [-0.2, 0) is 0 Å². The average molecular weight is 457 g/mol. The van der Waals surface area contributed by atoms with Crippen LogP contribution in [0.2, 0.25) is 13.3 Å². The Morgan fingerprint density at radius 2 is 1.36 bits per heavy atom. The maximum absolute atomic E-state index is 10.7. The van der Waals surface area contributed by atoms with Gasteiger partial charge < -0.3 is 0 Å². The molecule has 0 saturated heterocycles. The molecule has 0 amide bonds. The number of aliphatic hydroxyl groups is 1. The Morgan fingerprint density at radius 3 is 1.76 bits per heavy atom. The van der Waals surface area contributed by atoms with Crippen molar-refractivity contribution in [1.82, 2.24) is 0 Å². The van der Waals surface area contributed by atoms with E-state index in [4.69, 9.17) is 0 Å². The quantitative estimate of drug-likeness (QED) is 0.210. The Labute approximate surface area is 162 Å². The summed E-state index contributed by atoms with van der Waals surface area (Å²) < 4.78 is 6.54. The van der Waals surface area contributed by atoms with Gasteiger partial charge in [-0.05, 0) is 0 Å². The van der Waals surface area contributed by atoms with Crippen molar-refractivity contribution in [3.05, 3.63) is 9.67 Å². The molecule has 1 N–H and O–H groups in total. The second-order valence-corrected chi connectivity index (χ2v) is 21.7. The first-order valence-electron chi connectivity index (χ1n) is 11.5. The van der Waals surface area contributed by atoms with Gasteiger partial charge in [-0.15, -0.1) is 0 Å². The fraction of sp³-hybridized carbons (Fsp3) is 0.913. The van der Waals surface area contributed by atoms with Crippen LogP contribution in [0.5, 0.6) is 0 Å². The molecule has 2 heteroatoms. The van der Waals surface area contributed by atoms with Crippen LogP contribution >= 0.6 is 0 Å². The number of hydrogen-bond acceptors (Lipinski definition) is 1. The third-order valence-corrected chi connectivity index (χ3v) is 22.8. The second-order valence-electron chi connectivity index (χ2n) is 8.50. The molecule has 1 aliphatic rings. The van der Waals surface area contributed by atoms with Crippen LogP contribution in [0.3, 0.4) is 0 Å². The maximum atomic E-state index is 10.7. The summed E-state index contributed by atoms with van der Waals surface area (Å²) in [6, 6.07) is 0.